The van der Waals surface area contributed by atoms with Crippen molar-refractivity contribution in [2.45, 2.75) is 39.2 Å². The van der Waals surface area contributed by atoms with Crippen molar-refractivity contribution in [1.82, 2.24) is 9.78 Å². The summed E-state index contributed by atoms with van der Waals surface area (Å²) in [6, 6.07) is 1.80. The number of hydrogen-bond acceptors (Lipinski definition) is 5. The van der Waals surface area contributed by atoms with Gasteiger partial charge in [-0.3, -0.25) is 9.48 Å². The molecule has 0 spiro atoms. The van der Waals surface area contributed by atoms with Gasteiger partial charge in [0.1, 0.15) is 11.4 Å². The van der Waals surface area contributed by atoms with Crippen LogP contribution in [-0.2, 0) is 15.4 Å². The van der Waals surface area contributed by atoms with E-state index in [0.29, 0.717) is 17.4 Å². The minimum atomic E-state index is -0.427. The van der Waals surface area contributed by atoms with Crippen LogP contribution in [0.3, 0.4) is 0 Å². The lowest BCUT2D eigenvalue weighted by Crippen LogP contribution is -2.25. The highest BCUT2D eigenvalue weighted by atomic mass is 32.2. The smallest absolute Gasteiger partial charge is 0.316 e. The number of rotatable bonds is 4. The standard InChI is InChI=1S/C11H19N3O2S/c1-8-5-9(12)13-14(8)7-17-6-10(15)16-11(2,3)4/h5H,6-7H2,1-4H3,(H2,12,13). The molecule has 0 aliphatic carbocycles. The van der Waals surface area contributed by atoms with Crippen molar-refractivity contribution in [3.63, 3.8) is 0 Å². The van der Waals surface area contributed by atoms with E-state index in [2.05, 4.69) is 5.10 Å². The second-order valence-electron chi connectivity index (χ2n) is 4.77. The Hall–Kier alpha value is -1.17. The maximum Gasteiger partial charge on any atom is 0.316 e. The van der Waals surface area contributed by atoms with Crippen molar-refractivity contribution in [3.05, 3.63) is 11.8 Å². The van der Waals surface area contributed by atoms with Gasteiger partial charge in [-0.05, 0) is 27.7 Å². The fourth-order valence-electron chi connectivity index (χ4n) is 1.25. The van der Waals surface area contributed by atoms with E-state index in [0.717, 1.165) is 5.69 Å². The van der Waals surface area contributed by atoms with Gasteiger partial charge in [-0.2, -0.15) is 5.10 Å². The average molecular weight is 257 g/mol. The van der Waals surface area contributed by atoms with Gasteiger partial charge < -0.3 is 10.5 Å². The Morgan fingerprint density at radius 1 is 1.59 bits per heavy atom. The molecule has 1 rings (SSSR count). The summed E-state index contributed by atoms with van der Waals surface area (Å²) in [5, 5.41) is 4.10. The molecule has 6 heteroatoms. The lowest BCUT2D eigenvalue weighted by Gasteiger charge is -2.19. The van der Waals surface area contributed by atoms with Crippen molar-refractivity contribution in [3.8, 4) is 0 Å². The van der Waals surface area contributed by atoms with Gasteiger partial charge in [-0.25, -0.2) is 0 Å². The van der Waals surface area contributed by atoms with E-state index < -0.39 is 5.60 Å². The maximum atomic E-state index is 11.4. The van der Waals surface area contributed by atoms with Crippen LogP contribution in [-0.4, -0.2) is 27.1 Å². The third kappa shape index (κ3) is 5.12. The molecule has 0 atom stereocenters. The number of hydrogen-bond donors (Lipinski definition) is 1. The van der Waals surface area contributed by atoms with Crippen LogP contribution >= 0.6 is 11.8 Å². The Kier molecular flexibility index (Phi) is 4.45. The zero-order valence-electron chi connectivity index (χ0n) is 10.7. The summed E-state index contributed by atoms with van der Waals surface area (Å²) in [4.78, 5) is 11.4. The SMILES string of the molecule is Cc1cc(N)nn1CSCC(=O)OC(C)(C)C. The van der Waals surface area contributed by atoms with Crippen molar-refractivity contribution >= 4 is 23.5 Å². The molecule has 0 saturated heterocycles. The van der Waals surface area contributed by atoms with Crippen LogP contribution in [0.15, 0.2) is 6.07 Å². The Morgan fingerprint density at radius 3 is 2.71 bits per heavy atom. The second-order valence-corrected chi connectivity index (χ2v) is 5.73. The van der Waals surface area contributed by atoms with Crippen LogP contribution < -0.4 is 5.73 Å². The Morgan fingerprint density at radius 2 is 2.24 bits per heavy atom. The number of aromatic nitrogens is 2. The van der Waals surface area contributed by atoms with Crippen molar-refractivity contribution in [1.29, 1.82) is 0 Å². The van der Waals surface area contributed by atoms with Crippen LogP contribution in [0, 0.1) is 6.92 Å². The lowest BCUT2D eigenvalue weighted by molar-refractivity contribution is -0.151. The summed E-state index contributed by atoms with van der Waals surface area (Å²) in [6.45, 7) is 7.49. The van der Waals surface area contributed by atoms with E-state index in [4.69, 9.17) is 10.5 Å². The number of aryl methyl sites for hydroxylation is 1. The molecule has 0 fully saturated rings. The minimum Gasteiger partial charge on any atom is -0.459 e. The highest BCUT2D eigenvalue weighted by Crippen LogP contribution is 2.13. The zero-order chi connectivity index (χ0) is 13.1. The minimum absolute atomic E-state index is 0.208. The Labute approximate surface area is 106 Å². The molecule has 1 heterocycles. The quantitative estimate of drug-likeness (QED) is 0.833. The predicted octanol–water partition coefficient (Wildman–Crippen LogP) is 1.81. The lowest BCUT2D eigenvalue weighted by atomic mass is 10.2. The first-order valence-corrected chi connectivity index (χ1v) is 6.53. The van der Waals surface area contributed by atoms with E-state index in [1.54, 1.807) is 10.7 Å². The number of carbonyl (C=O) groups excluding carboxylic acids is 1. The van der Waals surface area contributed by atoms with E-state index in [1.807, 2.05) is 27.7 Å². The van der Waals surface area contributed by atoms with Gasteiger partial charge in [0.05, 0.1) is 11.6 Å². The van der Waals surface area contributed by atoms with Crippen LogP contribution in [0.5, 0.6) is 0 Å². The number of nitrogens with zero attached hydrogens (tertiary/aromatic N) is 2. The van der Waals surface area contributed by atoms with Gasteiger partial charge in [0, 0.05) is 11.8 Å². The first-order valence-electron chi connectivity index (χ1n) is 5.37. The summed E-state index contributed by atoms with van der Waals surface area (Å²) in [6.07, 6.45) is 0. The van der Waals surface area contributed by atoms with Gasteiger partial charge in [-0.15, -0.1) is 11.8 Å². The Bertz CT molecular complexity index is 396. The van der Waals surface area contributed by atoms with Gasteiger partial charge >= 0.3 is 5.97 Å². The maximum absolute atomic E-state index is 11.4. The second kappa shape index (κ2) is 5.44. The Balaban J connectivity index is 2.33. The summed E-state index contributed by atoms with van der Waals surface area (Å²) in [5.41, 5.74) is 6.12. The number of nitrogen functional groups attached to an aromatic ring is 1. The molecule has 1 aromatic heterocycles. The number of carbonyl (C=O) groups is 1. The number of esters is 1. The molecule has 0 amide bonds. The fourth-order valence-corrected chi connectivity index (χ4v) is 2.00. The highest BCUT2D eigenvalue weighted by Gasteiger charge is 2.16. The average Bonchev–Trinajstić information content (AvgIpc) is 2.42. The normalized spacial score (nSPS) is 11.5. The van der Waals surface area contributed by atoms with Crippen LogP contribution in [0.1, 0.15) is 26.5 Å². The molecule has 0 unspecified atom stereocenters. The van der Waals surface area contributed by atoms with Gasteiger partial charge in [0.25, 0.3) is 0 Å². The van der Waals surface area contributed by atoms with E-state index in [-0.39, 0.29) is 5.97 Å². The van der Waals surface area contributed by atoms with E-state index >= 15 is 0 Å². The third-order valence-electron chi connectivity index (χ3n) is 1.85. The topological polar surface area (TPSA) is 70.1 Å². The highest BCUT2D eigenvalue weighted by molar-refractivity contribution is 7.98. The largest absolute Gasteiger partial charge is 0.459 e. The number of thioether (sulfide) groups is 1. The molecular weight excluding hydrogens is 238 g/mol. The van der Waals surface area contributed by atoms with Crippen molar-refractivity contribution in [2.75, 3.05) is 11.5 Å². The first-order chi connectivity index (χ1) is 7.78. The molecule has 2 N–H and O–H groups in total. The number of nitrogens with two attached hydrogens (primary N) is 1. The summed E-state index contributed by atoms with van der Waals surface area (Å²) < 4.78 is 6.97. The molecule has 17 heavy (non-hydrogen) atoms. The molecular formula is C11H19N3O2S. The summed E-state index contributed by atoms with van der Waals surface area (Å²) >= 11 is 1.45. The monoisotopic (exact) mass is 257 g/mol. The molecule has 0 radical (unpaired) electrons. The number of ether oxygens (including phenoxy) is 1. The molecule has 0 bridgehead atoms. The fraction of sp³-hybridized carbons (Fsp3) is 0.636. The predicted molar refractivity (Wildman–Crippen MR) is 69.7 cm³/mol. The van der Waals surface area contributed by atoms with E-state index in [9.17, 15) is 4.79 Å². The van der Waals surface area contributed by atoms with Crippen LogP contribution in [0.2, 0.25) is 0 Å². The first kappa shape index (κ1) is 13.9. The van der Waals surface area contributed by atoms with Crippen molar-refractivity contribution < 1.29 is 9.53 Å². The van der Waals surface area contributed by atoms with Gasteiger partial charge in [0.15, 0.2) is 0 Å². The molecule has 5 nitrogen and oxygen atoms in total. The molecule has 0 aromatic carbocycles. The molecule has 96 valence electrons. The van der Waals surface area contributed by atoms with Gasteiger partial charge in [0.2, 0.25) is 0 Å². The zero-order valence-corrected chi connectivity index (χ0v) is 11.5. The molecule has 0 aliphatic rings. The number of anilines is 1. The molecule has 0 saturated carbocycles. The van der Waals surface area contributed by atoms with Crippen molar-refractivity contribution in [2.24, 2.45) is 0 Å². The van der Waals surface area contributed by atoms with Gasteiger partial charge in [-0.1, -0.05) is 0 Å². The molecule has 0 aliphatic heterocycles. The summed E-state index contributed by atoms with van der Waals surface area (Å²) in [5.74, 6) is 1.21. The molecule has 1 aromatic rings. The third-order valence-corrected chi connectivity index (χ3v) is 2.72. The summed E-state index contributed by atoms with van der Waals surface area (Å²) in [7, 11) is 0. The van der Waals surface area contributed by atoms with Crippen LogP contribution in [0.4, 0.5) is 5.82 Å². The van der Waals surface area contributed by atoms with Crippen LogP contribution in [0.25, 0.3) is 0 Å². The van der Waals surface area contributed by atoms with E-state index in [1.165, 1.54) is 11.8 Å².